The largest absolute Gasteiger partial charge is 0.480 e. The zero-order valence-corrected chi connectivity index (χ0v) is 14.8. The Morgan fingerprint density at radius 2 is 1.62 bits per heavy atom. The van der Waals surface area contributed by atoms with Crippen molar-refractivity contribution in [2.75, 3.05) is 31.1 Å². The highest BCUT2D eigenvalue weighted by atomic mass is 32.1. The first kappa shape index (κ1) is 21.2. The Morgan fingerprint density at radius 1 is 1.08 bits per heavy atom. The van der Waals surface area contributed by atoms with Gasteiger partial charge in [-0.1, -0.05) is 0 Å². The van der Waals surface area contributed by atoms with Crippen molar-refractivity contribution in [2.45, 2.75) is 13.0 Å². The minimum Gasteiger partial charge on any atom is -0.480 e. The van der Waals surface area contributed by atoms with Gasteiger partial charge < -0.3 is 20.2 Å². The summed E-state index contributed by atoms with van der Waals surface area (Å²) >= 11 is 4.53. The van der Waals surface area contributed by atoms with Crippen LogP contribution >= 0.6 is 12.2 Å². The van der Waals surface area contributed by atoms with Crippen LogP contribution in [0.25, 0.3) is 0 Å². The summed E-state index contributed by atoms with van der Waals surface area (Å²) in [5, 5.41) is 29.3. The number of isothiocyanates is 1. The summed E-state index contributed by atoms with van der Waals surface area (Å²) in [5.41, 5.74) is 1.14. The second-order valence-corrected chi connectivity index (χ2v) is 5.61. The van der Waals surface area contributed by atoms with Crippen LogP contribution in [0.4, 0.5) is 11.4 Å². The van der Waals surface area contributed by atoms with E-state index in [1.807, 2.05) is 0 Å². The van der Waals surface area contributed by atoms with E-state index in [1.54, 1.807) is 29.2 Å². The SMILES string of the molecule is CC(C(=O)O)N(CCN(CC(=O)O)CC(=O)O)c1ccc(N=C=S)cc1. The Morgan fingerprint density at radius 3 is 2.04 bits per heavy atom. The normalized spacial score (nSPS) is 11.5. The quantitative estimate of drug-likeness (QED) is 0.382. The minimum atomic E-state index is -1.16. The molecule has 0 saturated carbocycles. The number of thiocarbonyl (C=S) groups is 1. The Balaban J connectivity index is 2.98. The first-order valence-electron chi connectivity index (χ1n) is 7.58. The molecular weight excluding hydrogens is 362 g/mol. The van der Waals surface area contributed by atoms with Crippen LogP contribution < -0.4 is 4.90 Å². The molecule has 0 fully saturated rings. The number of benzene rings is 1. The van der Waals surface area contributed by atoms with Crippen LogP contribution in [0.1, 0.15) is 6.92 Å². The van der Waals surface area contributed by atoms with Gasteiger partial charge in [0.25, 0.3) is 0 Å². The molecule has 0 aliphatic carbocycles. The number of nitrogens with zero attached hydrogens (tertiary/aromatic N) is 3. The molecule has 0 aromatic heterocycles. The standard InChI is InChI=1S/C16H19N3O6S/c1-11(16(24)25)19(13-4-2-12(3-5-13)17-10-26)7-6-18(8-14(20)21)9-15(22)23/h2-5,11H,6-9H2,1H3,(H,20,21)(H,22,23)(H,24,25). The molecule has 0 aliphatic heterocycles. The van der Waals surface area contributed by atoms with Crippen molar-refractivity contribution in [3.05, 3.63) is 24.3 Å². The number of rotatable bonds is 11. The summed E-state index contributed by atoms with van der Waals surface area (Å²) in [6.45, 7) is 0.776. The van der Waals surface area contributed by atoms with Gasteiger partial charge in [-0.3, -0.25) is 14.5 Å². The van der Waals surface area contributed by atoms with Crippen molar-refractivity contribution in [3.63, 3.8) is 0 Å². The highest BCUT2D eigenvalue weighted by Gasteiger charge is 2.23. The van der Waals surface area contributed by atoms with Gasteiger partial charge in [0.05, 0.1) is 23.9 Å². The predicted molar refractivity (Wildman–Crippen MR) is 97.3 cm³/mol. The van der Waals surface area contributed by atoms with Gasteiger partial charge in [-0.05, 0) is 43.4 Å². The van der Waals surface area contributed by atoms with E-state index in [1.165, 1.54) is 11.8 Å². The molecule has 1 aromatic carbocycles. The molecule has 10 heteroatoms. The molecule has 140 valence electrons. The third-order valence-electron chi connectivity index (χ3n) is 3.56. The van der Waals surface area contributed by atoms with Gasteiger partial charge in [-0.15, -0.1) is 0 Å². The Hall–Kier alpha value is -2.81. The molecule has 1 atom stereocenters. The molecule has 1 unspecified atom stereocenters. The molecule has 0 spiro atoms. The zero-order chi connectivity index (χ0) is 19.7. The summed E-state index contributed by atoms with van der Waals surface area (Å²) in [7, 11) is 0. The van der Waals surface area contributed by atoms with Gasteiger partial charge in [0.1, 0.15) is 6.04 Å². The lowest BCUT2D eigenvalue weighted by Gasteiger charge is -2.31. The number of hydrogen-bond donors (Lipinski definition) is 3. The lowest BCUT2D eigenvalue weighted by Crippen LogP contribution is -2.45. The third kappa shape index (κ3) is 6.98. The average molecular weight is 381 g/mol. The molecule has 3 N–H and O–H groups in total. The molecule has 1 rings (SSSR count). The van der Waals surface area contributed by atoms with Crippen LogP contribution in [0.15, 0.2) is 29.3 Å². The number of hydrogen-bond acceptors (Lipinski definition) is 7. The summed E-state index contributed by atoms with van der Waals surface area (Å²) in [5.74, 6) is -3.38. The zero-order valence-electron chi connectivity index (χ0n) is 14.0. The van der Waals surface area contributed by atoms with E-state index < -0.39 is 37.0 Å². The van der Waals surface area contributed by atoms with Crippen molar-refractivity contribution in [1.29, 1.82) is 0 Å². The van der Waals surface area contributed by atoms with E-state index in [0.29, 0.717) is 11.4 Å². The molecule has 0 heterocycles. The van der Waals surface area contributed by atoms with Crippen molar-refractivity contribution >= 4 is 46.7 Å². The molecule has 0 amide bonds. The number of carboxylic acids is 3. The van der Waals surface area contributed by atoms with Gasteiger partial charge in [0.15, 0.2) is 0 Å². The maximum absolute atomic E-state index is 11.4. The summed E-state index contributed by atoms with van der Waals surface area (Å²) in [4.78, 5) is 39.7. The number of aliphatic carboxylic acids is 3. The molecule has 0 aliphatic rings. The topological polar surface area (TPSA) is 131 Å². The van der Waals surface area contributed by atoms with E-state index in [0.717, 1.165) is 0 Å². The summed E-state index contributed by atoms with van der Waals surface area (Å²) in [6, 6.07) is 5.70. The Bertz CT molecular complexity index is 686. The lowest BCUT2D eigenvalue weighted by molar-refractivity contribution is -0.142. The fraction of sp³-hybridized carbons (Fsp3) is 0.375. The summed E-state index contributed by atoms with van der Waals surface area (Å²) in [6.07, 6.45) is 0. The van der Waals surface area contributed by atoms with Crippen LogP contribution in [0, 0.1) is 0 Å². The molecule has 9 nitrogen and oxygen atoms in total. The smallest absolute Gasteiger partial charge is 0.326 e. The van der Waals surface area contributed by atoms with Gasteiger partial charge in [0.2, 0.25) is 0 Å². The highest BCUT2D eigenvalue weighted by Crippen LogP contribution is 2.21. The van der Waals surface area contributed by atoms with E-state index in [-0.39, 0.29) is 13.1 Å². The van der Waals surface area contributed by atoms with Gasteiger partial charge in [0, 0.05) is 18.8 Å². The second kappa shape index (κ2) is 10.2. The fourth-order valence-corrected chi connectivity index (χ4v) is 2.40. The first-order chi connectivity index (χ1) is 12.2. The van der Waals surface area contributed by atoms with Crippen LogP contribution in [0.2, 0.25) is 0 Å². The van der Waals surface area contributed by atoms with Crippen molar-refractivity contribution in [2.24, 2.45) is 4.99 Å². The lowest BCUT2D eigenvalue weighted by atomic mass is 10.2. The Labute approximate surface area is 155 Å². The van der Waals surface area contributed by atoms with E-state index in [4.69, 9.17) is 10.2 Å². The van der Waals surface area contributed by atoms with E-state index >= 15 is 0 Å². The molecule has 0 saturated heterocycles. The molecule has 26 heavy (non-hydrogen) atoms. The number of aliphatic imine (C=N–C) groups is 1. The number of carbonyl (C=O) groups is 3. The monoisotopic (exact) mass is 381 g/mol. The molecular formula is C16H19N3O6S. The second-order valence-electron chi connectivity index (χ2n) is 5.43. The van der Waals surface area contributed by atoms with Crippen LogP contribution in [-0.2, 0) is 14.4 Å². The summed E-state index contributed by atoms with van der Waals surface area (Å²) < 4.78 is 0. The molecule has 0 radical (unpaired) electrons. The third-order valence-corrected chi connectivity index (χ3v) is 3.65. The Kier molecular flexibility index (Phi) is 8.36. The van der Waals surface area contributed by atoms with Crippen molar-refractivity contribution in [1.82, 2.24) is 4.90 Å². The predicted octanol–water partition coefficient (Wildman–Crippen LogP) is 1.17. The average Bonchev–Trinajstić information content (AvgIpc) is 2.55. The molecule has 1 aromatic rings. The molecule has 0 bridgehead atoms. The maximum Gasteiger partial charge on any atom is 0.326 e. The maximum atomic E-state index is 11.4. The van der Waals surface area contributed by atoms with Gasteiger partial charge in [-0.25, -0.2) is 4.79 Å². The van der Waals surface area contributed by atoms with Crippen molar-refractivity contribution in [3.8, 4) is 0 Å². The number of carboxylic acid groups (broad SMARTS) is 3. The first-order valence-corrected chi connectivity index (χ1v) is 7.98. The van der Waals surface area contributed by atoms with Crippen LogP contribution in [-0.4, -0.2) is 75.5 Å². The fourth-order valence-electron chi connectivity index (χ4n) is 2.30. The highest BCUT2D eigenvalue weighted by molar-refractivity contribution is 7.78. The van der Waals surface area contributed by atoms with Crippen LogP contribution in [0.5, 0.6) is 0 Å². The number of anilines is 1. The van der Waals surface area contributed by atoms with Gasteiger partial charge in [-0.2, -0.15) is 4.99 Å². The van der Waals surface area contributed by atoms with Gasteiger partial charge >= 0.3 is 17.9 Å². The van der Waals surface area contributed by atoms with E-state index in [2.05, 4.69) is 22.4 Å². The minimum absolute atomic E-state index is 0.0655. The van der Waals surface area contributed by atoms with E-state index in [9.17, 15) is 19.5 Å². The van der Waals surface area contributed by atoms with Crippen LogP contribution in [0.3, 0.4) is 0 Å². The van der Waals surface area contributed by atoms with Crippen molar-refractivity contribution < 1.29 is 29.7 Å².